The number of carboxylic acid groups (broad SMARTS) is 1. The second kappa shape index (κ2) is 7.59. The van der Waals surface area contributed by atoms with Crippen LogP contribution in [0.3, 0.4) is 0 Å². The lowest BCUT2D eigenvalue weighted by Crippen LogP contribution is -2.33. The molecule has 0 fully saturated rings. The van der Waals surface area contributed by atoms with E-state index in [1.807, 2.05) is 0 Å². The van der Waals surface area contributed by atoms with Crippen molar-refractivity contribution < 1.29 is 14.6 Å². The zero-order valence-electron chi connectivity index (χ0n) is 9.80. The average molecular weight is 268 g/mol. The van der Waals surface area contributed by atoms with Gasteiger partial charge in [0.2, 0.25) is 0 Å². The molecule has 4 nitrogen and oxygen atoms in total. The van der Waals surface area contributed by atoms with E-state index in [9.17, 15) is 4.79 Å². The molecule has 96 valence electrons. The zero-order valence-corrected chi connectivity index (χ0v) is 10.6. The van der Waals surface area contributed by atoms with Gasteiger partial charge in [0.15, 0.2) is 0 Å². The highest BCUT2D eigenvalue weighted by Crippen LogP contribution is 2.15. The fraction of sp³-hybridized carbons (Fsp3) is 0.308. The first-order valence-electron chi connectivity index (χ1n) is 5.38. The molecule has 0 aliphatic carbocycles. The van der Waals surface area contributed by atoms with Gasteiger partial charge in [-0.3, -0.25) is 9.69 Å². The van der Waals surface area contributed by atoms with Crippen LogP contribution in [-0.2, 0) is 4.79 Å². The summed E-state index contributed by atoms with van der Waals surface area (Å²) in [4.78, 5) is 12.2. The van der Waals surface area contributed by atoms with Gasteiger partial charge < -0.3 is 9.84 Å². The molecule has 0 saturated heterocycles. The molecule has 5 heteroatoms. The molecule has 0 aliphatic rings. The quantitative estimate of drug-likeness (QED) is 0.765. The van der Waals surface area contributed by atoms with Gasteiger partial charge >= 0.3 is 5.97 Å². The summed E-state index contributed by atoms with van der Waals surface area (Å²) >= 11 is 5.74. The van der Waals surface area contributed by atoms with Crippen molar-refractivity contribution in [3.8, 4) is 18.1 Å². The Morgan fingerprint density at radius 1 is 1.44 bits per heavy atom. The van der Waals surface area contributed by atoms with Crippen LogP contribution in [-0.4, -0.2) is 42.2 Å². The minimum absolute atomic E-state index is 0.0891. The van der Waals surface area contributed by atoms with Crippen LogP contribution in [0.1, 0.15) is 0 Å². The van der Waals surface area contributed by atoms with E-state index in [0.717, 1.165) is 0 Å². The van der Waals surface area contributed by atoms with Gasteiger partial charge in [0.05, 0.1) is 13.1 Å². The Hall–Kier alpha value is -1.70. The summed E-state index contributed by atoms with van der Waals surface area (Å²) in [6.45, 7) is 1.03. The molecule has 0 radical (unpaired) electrons. The molecule has 0 bridgehead atoms. The number of halogens is 1. The third kappa shape index (κ3) is 5.58. The molecule has 1 aromatic carbocycles. The van der Waals surface area contributed by atoms with Crippen molar-refractivity contribution in [2.75, 3.05) is 26.2 Å². The predicted molar refractivity (Wildman–Crippen MR) is 69.9 cm³/mol. The fourth-order valence-electron chi connectivity index (χ4n) is 1.36. The number of carboxylic acids is 1. The number of nitrogens with zero attached hydrogens (tertiary/aromatic N) is 1. The highest BCUT2D eigenvalue weighted by molar-refractivity contribution is 6.30. The van der Waals surface area contributed by atoms with Crippen LogP contribution >= 0.6 is 11.6 Å². The first-order valence-corrected chi connectivity index (χ1v) is 5.75. The van der Waals surface area contributed by atoms with Gasteiger partial charge in [0, 0.05) is 11.6 Å². The first kappa shape index (κ1) is 14.4. The van der Waals surface area contributed by atoms with Crippen molar-refractivity contribution in [2.24, 2.45) is 0 Å². The lowest BCUT2D eigenvalue weighted by Gasteiger charge is -2.17. The van der Waals surface area contributed by atoms with E-state index in [2.05, 4.69) is 5.92 Å². The molecule has 0 unspecified atom stereocenters. The molecule has 1 aromatic rings. The minimum atomic E-state index is -0.906. The Morgan fingerprint density at radius 3 is 2.67 bits per heavy atom. The molecular formula is C13H14ClNO3. The van der Waals surface area contributed by atoms with E-state index in [0.29, 0.717) is 23.9 Å². The molecule has 0 atom stereocenters. The zero-order chi connectivity index (χ0) is 13.4. The Labute approximate surface area is 111 Å². The highest BCUT2D eigenvalue weighted by atomic mass is 35.5. The topological polar surface area (TPSA) is 49.8 Å². The lowest BCUT2D eigenvalue weighted by molar-refractivity contribution is -0.138. The van der Waals surface area contributed by atoms with E-state index < -0.39 is 5.97 Å². The van der Waals surface area contributed by atoms with Crippen LogP contribution in [0.5, 0.6) is 5.75 Å². The van der Waals surface area contributed by atoms with E-state index in [-0.39, 0.29) is 13.1 Å². The second-order valence-corrected chi connectivity index (χ2v) is 4.05. The largest absolute Gasteiger partial charge is 0.492 e. The third-order valence-electron chi connectivity index (χ3n) is 2.16. The summed E-state index contributed by atoms with van der Waals surface area (Å²) in [5.74, 6) is 2.20. The summed E-state index contributed by atoms with van der Waals surface area (Å²) in [5.41, 5.74) is 0. The van der Waals surface area contributed by atoms with Gasteiger partial charge in [-0.15, -0.1) is 6.42 Å². The molecule has 0 heterocycles. The van der Waals surface area contributed by atoms with Crippen molar-refractivity contribution in [3.05, 3.63) is 29.3 Å². The van der Waals surface area contributed by atoms with Crippen molar-refractivity contribution in [3.63, 3.8) is 0 Å². The Kier molecular flexibility index (Phi) is 6.06. The summed E-state index contributed by atoms with van der Waals surface area (Å²) in [5, 5.41) is 9.33. The monoisotopic (exact) mass is 267 g/mol. The van der Waals surface area contributed by atoms with Crippen LogP contribution in [0.25, 0.3) is 0 Å². The normalized spacial score (nSPS) is 10.1. The maximum Gasteiger partial charge on any atom is 0.317 e. The van der Waals surface area contributed by atoms with Crippen molar-refractivity contribution >= 4 is 17.6 Å². The number of aliphatic carboxylic acids is 1. The van der Waals surface area contributed by atoms with Crippen LogP contribution in [0.4, 0.5) is 0 Å². The smallest absolute Gasteiger partial charge is 0.317 e. The van der Waals surface area contributed by atoms with E-state index in [1.165, 1.54) is 0 Å². The third-order valence-corrected chi connectivity index (χ3v) is 2.42. The summed E-state index contributed by atoms with van der Waals surface area (Å²) in [7, 11) is 0. The van der Waals surface area contributed by atoms with Crippen molar-refractivity contribution in [1.29, 1.82) is 0 Å². The molecule has 0 saturated carbocycles. The van der Waals surface area contributed by atoms with Crippen molar-refractivity contribution in [2.45, 2.75) is 0 Å². The van der Waals surface area contributed by atoms with Crippen molar-refractivity contribution in [1.82, 2.24) is 4.90 Å². The SMILES string of the molecule is C#CCN(CCOc1ccc(Cl)cc1)CC(=O)O. The van der Waals surface area contributed by atoms with Crippen LogP contribution in [0, 0.1) is 12.3 Å². The highest BCUT2D eigenvalue weighted by Gasteiger charge is 2.08. The summed E-state index contributed by atoms with van der Waals surface area (Å²) < 4.78 is 5.46. The molecular weight excluding hydrogens is 254 g/mol. The molecule has 0 spiro atoms. The second-order valence-electron chi connectivity index (χ2n) is 3.61. The van der Waals surface area contributed by atoms with Gasteiger partial charge in [0.25, 0.3) is 0 Å². The molecule has 0 amide bonds. The van der Waals surface area contributed by atoms with Gasteiger partial charge in [-0.05, 0) is 24.3 Å². The maximum atomic E-state index is 10.6. The lowest BCUT2D eigenvalue weighted by atomic mass is 10.3. The van der Waals surface area contributed by atoms with Crippen LogP contribution in [0.15, 0.2) is 24.3 Å². The van der Waals surface area contributed by atoms with Gasteiger partial charge in [-0.1, -0.05) is 17.5 Å². The molecule has 1 rings (SSSR count). The van der Waals surface area contributed by atoms with E-state index in [1.54, 1.807) is 29.2 Å². The van der Waals surface area contributed by atoms with Crippen LogP contribution in [0.2, 0.25) is 5.02 Å². The fourth-order valence-corrected chi connectivity index (χ4v) is 1.48. The molecule has 1 N–H and O–H groups in total. The molecule has 0 aliphatic heterocycles. The van der Waals surface area contributed by atoms with Gasteiger partial charge in [0.1, 0.15) is 12.4 Å². The van der Waals surface area contributed by atoms with E-state index >= 15 is 0 Å². The first-order chi connectivity index (χ1) is 8.61. The average Bonchev–Trinajstić information content (AvgIpc) is 2.31. The number of carbonyl (C=O) groups is 1. The Balaban J connectivity index is 2.36. The van der Waals surface area contributed by atoms with Crippen LogP contribution < -0.4 is 4.74 Å². The summed E-state index contributed by atoms with van der Waals surface area (Å²) in [6, 6.07) is 6.97. The standard InChI is InChI=1S/C13H14ClNO3/c1-2-7-15(10-13(16)17)8-9-18-12-5-3-11(14)4-6-12/h1,3-6H,7-10H2,(H,16,17). The minimum Gasteiger partial charge on any atom is -0.492 e. The predicted octanol–water partition coefficient (Wildman–Crippen LogP) is 1.74. The maximum absolute atomic E-state index is 10.6. The number of rotatable bonds is 7. The molecule has 18 heavy (non-hydrogen) atoms. The number of terminal acetylenes is 1. The number of hydrogen-bond acceptors (Lipinski definition) is 3. The number of hydrogen-bond donors (Lipinski definition) is 1. The molecule has 0 aromatic heterocycles. The van der Waals surface area contributed by atoms with E-state index in [4.69, 9.17) is 27.9 Å². The number of benzene rings is 1. The summed E-state index contributed by atoms with van der Waals surface area (Å²) in [6.07, 6.45) is 5.16. The van der Waals surface area contributed by atoms with Gasteiger partial charge in [-0.25, -0.2) is 0 Å². The number of ether oxygens (including phenoxy) is 1. The Morgan fingerprint density at radius 2 is 2.11 bits per heavy atom. The Bertz CT molecular complexity index is 425. The van der Waals surface area contributed by atoms with Gasteiger partial charge in [-0.2, -0.15) is 0 Å².